The van der Waals surface area contributed by atoms with Gasteiger partial charge in [0.25, 0.3) is 0 Å². The van der Waals surface area contributed by atoms with Crippen molar-refractivity contribution in [1.82, 2.24) is 0 Å². The fourth-order valence-corrected chi connectivity index (χ4v) is 10.7. The van der Waals surface area contributed by atoms with Crippen LogP contribution in [-0.4, -0.2) is 96.7 Å². The number of unbranched alkanes of at least 4 members (excludes halogenated alkanes) is 28. The van der Waals surface area contributed by atoms with E-state index in [0.29, 0.717) is 37.5 Å². The second-order valence-corrected chi connectivity index (χ2v) is 26.8. The van der Waals surface area contributed by atoms with Crippen LogP contribution in [0.2, 0.25) is 0 Å². The van der Waals surface area contributed by atoms with Gasteiger partial charge in [-0.25, -0.2) is 9.13 Å². The molecule has 0 rings (SSSR count). The first-order valence-corrected chi connectivity index (χ1v) is 35.3. The average molecular weight is 1200 g/mol. The van der Waals surface area contributed by atoms with Gasteiger partial charge in [-0.2, -0.15) is 0 Å². The molecule has 0 fully saturated rings. The molecule has 0 saturated carbocycles. The van der Waals surface area contributed by atoms with Crippen molar-refractivity contribution in [3.05, 3.63) is 0 Å². The fourth-order valence-electron chi connectivity index (χ4n) is 9.13. The monoisotopic (exact) mass is 1200 g/mol. The van der Waals surface area contributed by atoms with Crippen molar-refractivity contribution in [1.29, 1.82) is 0 Å². The molecule has 480 valence electrons. The van der Waals surface area contributed by atoms with Gasteiger partial charge in [-0.15, -0.1) is 0 Å². The van der Waals surface area contributed by atoms with Gasteiger partial charge < -0.3 is 33.8 Å². The Labute approximate surface area is 492 Å². The summed E-state index contributed by atoms with van der Waals surface area (Å²) < 4.78 is 67.9. The summed E-state index contributed by atoms with van der Waals surface area (Å²) in [6.07, 6.45) is 33.7. The summed E-state index contributed by atoms with van der Waals surface area (Å²) in [6.45, 7) is 11.6. The molecular weight excluding hydrogens is 1080 g/mol. The largest absolute Gasteiger partial charge is 0.472 e. The zero-order chi connectivity index (χ0) is 60.3. The molecule has 0 bridgehead atoms. The molecule has 0 aliphatic heterocycles. The Morgan fingerprint density at radius 1 is 0.333 bits per heavy atom. The van der Waals surface area contributed by atoms with Gasteiger partial charge >= 0.3 is 39.5 Å². The van der Waals surface area contributed by atoms with Crippen molar-refractivity contribution < 1.29 is 80.2 Å². The van der Waals surface area contributed by atoms with E-state index in [4.69, 9.17) is 37.0 Å². The summed E-state index contributed by atoms with van der Waals surface area (Å²) in [5.41, 5.74) is 0. The van der Waals surface area contributed by atoms with Crippen LogP contribution >= 0.6 is 15.6 Å². The molecule has 0 aromatic heterocycles. The third kappa shape index (κ3) is 56.9. The van der Waals surface area contributed by atoms with Crippen molar-refractivity contribution in [3.63, 3.8) is 0 Å². The second-order valence-electron chi connectivity index (χ2n) is 23.9. The van der Waals surface area contributed by atoms with E-state index in [1.807, 2.05) is 0 Å². The van der Waals surface area contributed by atoms with Crippen LogP contribution in [0.25, 0.3) is 0 Å². The Balaban J connectivity index is 5.24. The van der Waals surface area contributed by atoms with Gasteiger partial charge in [0, 0.05) is 25.7 Å². The maximum atomic E-state index is 12.9. The van der Waals surface area contributed by atoms with E-state index in [1.54, 1.807) is 0 Å². The van der Waals surface area contributed by atoms with Crippen LogP contribution in [0.15, 0.2) is 0 Å². The maximum Gasteiger partial charge on any atom is 0.472 e. The molecule has 2 unspecified atom stereocenters. The number of rotatable bonds is 60. The van der Waals surface area contributed by atoms with Crippen LogP contribution in [0.1, 0.15) is 299 Å². The predicted molar refractivity (Wildman–Crippen MR) is 321 cm³/mol. The van der Waals surface area contributed by atoms with E-state index >= 15 is 0 Å². The lowest BCUT2D eigenvalue weighted by Crippen LogP contribution is -2.30. The average Bonchev–Trinajstić information content (AvgIpc) is 3.41. The van der Waals surface area contributed by atoms with Crippen LogP contribution in [0, 0.1) is 17.8 Å². The van der Waals surface area contributed by atoms with Crippen molar-refractivity contribution >= 4 is 39.5 Å². The first-order valence-electron chi connectivity index (χ1n) is 32.3. The minimum Gasteiger partial charge on any atom is -0.462 e. The standard InChI is InChI=1S/C62H120O17P2/c1-8-9-10-11-12-13-14-15-21-29-36-43-59(64)72-49-57(78-61(66)45-38-31-22-17-16-19-26-33-40-53(2)3)51-76-80(68,69)74-47-56(63)48-75-81(70,71)77-52-58(50-73-60(65)44-37-30-25-24-28-35-42-55(6)7)79-62(67)46-39-32-23-18-20-27-34-41-54(4)5/h53-58,63H,8-52H2,1-7H3,(H,68,69)(H,70,71)/t56-,57-,58-/m1/s1. The molecule has 3 N–H and O–H groups in total. The zero-order valence-corrected chi connectivity index (χ0v) is 54.0. The lowest BCUT2D eigenvalue weighted by atomic mass is 10.0. The van der Waals surface area contributed by atoms with Gasteiger partial charge in [0.15, 0.2) is 12.2 Å². The molecule has 0 spiro atoms. The topological polar surface area (TPSA) is 237 Å². The number of ether oxygens (including phenoxy) is 4. The summed E-state index contributed by atoms with van der Waals surface area (Å²) >= 11 is 0. The molecule has 0 radical (unpaired) electrons. The Morgan fingerprint density at radius 3 is 0.840 bits per heavy atom. The number of esters is 4. The van der Waals surface area contributed by atoms with Gasteiger partial charge in [-0.1, -0.05) is 248 Å². The smallest absolute Gasteiger partial charge is 0.462 e. The van der Waals surface area contributed by atoms with E-state index in [2.05, 4.69) is 48.5 Å². The molecule has 0 aliphatic rings. The molecule has 0 heterocycles. The molecule has 0 aliphatic carbocycles. The van der Waals surface area contributed by atoms with Gasteiger partial charge in [-0.3, -0.25) is 37.3 Å². The van der Waals surface area contributed by atoms with Crippen molar-refractivity contribution in [2.24, 2.45) is 17.8 Å². The summed E-state index contributed by atoms with van der Waals surface area (Å²) in [7, 11) is -9.88. The Kier molecular flexibility index (Phi) is 52.2. The summed E-state index contributed by atoms with van der Waals surface area (Å²) in [6, 6.07) is 0. The summed E-state index contributed by atoms with van der Waals surface area (Å²) in [4.78, 5) is 72.1. The van der Waals surface area contributed by atoms with Gasteiger partial charge in [0.2, 0.25) is 0 Å². The highest BCUT2D eigenvalue weighted by atomic mass is 31.2. The number of carbonyl (C=O) groups excluding carboxylic acids is 4. The molecule has 5 atom stereocenters. The highest BCUT2D eigenvalue weighted by Gasteiger charge is 2.30. The van der Waals surface area contributed by atoms with Crippen LogP contribution in [-0.2, 0) is 65.4 Å². The number of aliphatic hydroxyl groups is 1. The van der Waals surface area contributed by atoms with Crippen LogP contribution in [0.3, 0.4) is 0 Å². The van der Waals surface area contributed by atoms with E-state index in [9.17, 15) is 43.2 Å². The van der Waals surface area contributed by atoms with Crippen molar-refractivity contribution in [3.8, 4) is 0 Å². The third-order valence-corrected chi connectivity index (χ3v) is 16.0. The number of phosphoric acid groups is 2. The molecule has 81 heavy (non-hydrogen) atoms. The van der Waals surface area contributed by atoms with E-state index < -0.39 is 97.5 Å². The molecule has 0 saturated heterocycles. The van der Waals surface area contributed by atoms with Crippen molar-refractivity contribution in [2.45, 2.75) is 317 Å². The van der Waals surface area contributed by atoms with E-state index in [-0.39, 0.29) is 25.7 Å². The summed E-state index contributed by atoms with van der Waals surface area (Å²) in [5.74, 6) is -0.0496. The number of aliphatic hydroxyl groups excluding tert-OH is 1. The molecule has 17 nitrogen and oxygen atoms in total. The number of hydrogen-bond acceptors (Lipinski definition) is 15. The number of phosphoric ester groups is 2. The first kappa shape index (κ1) is 79.1. The molecule has 0 aromatic carbocycles. The molecule has 19 heteroatoms. The van der Waals surface area contributed by atoms with Gasteiger partial charge in [0.05, 0.1) is 26.4 Å². The number of carbonyl (C=O) groups is 4. The zero-order valence-electron chi connectivity index (χ0n) is 52.2. The number of hydrogen-bond donors (Lipinski definition) is 3. The quantitative estimate of drug-likeness (QED) is 0.0222. The Bertz CT molecular complexity index is 1610. The molecule has 0 aromatic rings. The Hall–Kier alpha value is -1.94. The van der Waals surface area contributed by atoms with Crippen LogP contribution in [0.5, 0.6) is 0 Å². The molecule has 0 amide bonds. The first-order chi connectivity index (χ1) is 38.7. The Morgan fingerprint density at radius 2 is 0.568 bits per heavy atom. The third-order valence-electron chi connectivity index (χ3n) is 14.1. The summed E-state index contributed by atoms with van der Waals surface area (Å²) in [5, 5.41) is 10.5. The fraction of sp³-hybridized carbons (Fsp3) is 0.935. The SMILES string of the molecule is CCCCCCCCCCCCCC(=O)OC[C@H](COP(=O)(O)OC[C@@H](O)COP(=O)(O)OC[C@@H](COC(=O)CCCCCCCCC(C)C)OC(=O)CCCCCCCCCC(C)C)OC(=O)CCCCCCCCCCC(C)C. The van der Waals surface area contributed by atoms with E-state index in [1.165, 1.54) is 103 Å². The van der Waals surface area contributed by atoms with Crippen molar-refractivity contribution in [2.75, 3.05) is 39.6 Å². The normalized spacial score (nSPS) is 14.4. The highest BCUT2D eigenvalue weighted by Crippen LogP contribution is 2.45. The van der Waals surface area contributed by atoms with Gasteiger partial charge in [0.1, 0.15) is 19.3 Å². The van der Waals surface area contributed by atoms with Crippen LogP contribution in [0.4, 0.5) is 0 Å². The molecular formula is C62H120O17P2. The lowest BCUT2D eigenvalue weighted by molar-refractivity contribution is -0.161. The minimum absolute atomic E-state index is 0.102. The lowest BCUT2D eigenvalue weighted by Gasteiger charge is -2.21. The van der Waals surface area contributed by atoms with Crippen LogP contribution < -0.4 is 0 Å². The minimum atomic E-state index is -4.94. The van der Waals surface area contributed by atoms with Gasteiger partial charge in [-0.05, 0) is 43.4 Å². The van der Waals surface area contributed by atoms with E-state index in [0.717, 1.165) is 102 Å². The second kappa shape index (κ2) is 53.5. The maximum absolute atomic E-state index is 12.9. The highest BCUT2D eigenvalue weighted by molar-refractivity contribution is 7.47. The predicted octanol–water partition coefficient (Wildman–Crippen LogP) is 16.7.